The second-order valence-electron chi connectivity index (χ2n) is 4.96. The van der Waals surface area contributed by atoms with Gasteiger partial charge in [0.25, 0.3) is 0 Å². The van der Waals surface area contributed by atoms with E-state index in [2.05, 4.69) is 32.2 Å². The molecule has 1 amide bonds. The summed E-state index contributed by atoms with van der Waals surface area (Å²) in [6, 6.07) is 0. The van der Waals surface area contributed by atoms with Gasteiger partial charge in [-0.25, -0.2) is 0 Å². The highest BCUT2D eigenvalue weighted by molar-refractivity contribution is 7.19. The Labute approximate surface area is 117 Å². The first kappa shape index (κ1) is 14.2. The van der Waals surface area contributed by atoms with Crippen LogP contribution in [0.4, 0.5) is 10.3 Å². The fraction of sp³-hybridized carbons (Fsp3) is 0.750. The Morgan fingerprint density at radius 2 is 2.00 bits per heavy atom. The molecule has 0 atom stereocenters. The van der Waals surface area contributed by atoms with Gasteiger partial charge < -0.3 is 15.1 Å². The monoisotopic (exact) mass is 283 g/mol. The summed E-state index contributed by atoms with van der Waals surface area (Å²) in [6.07, 6.45) is 0. The van der Waals surface area contributed by atoms with Crippen LogP contribution in [0.2, 0.25) is 0 Å². The lowest BCUT2D eigenvalue weighted by Gasteiger charge is -2.33. The van der Waals surface area contributed by atoms with Gasteiger partial charge in [0.2, 0.25) is 16.2 Å². The molecule has 0 bridgehead atoms. The number of aromatic nitrogens is 2. The topological polar surface area (TPSA) is 61.4 Å². The smallest absolute Gasteiger partial charge is 0.228 e. The minimum Gasteiger partial charge on any atom is -0.344 e. The third kappa shape index (κ3) is 3.63. The fourth-order valence-electron chi connectivity index (χ4n) is 1.90. The number of nitrogens with one attached hydrogen (secondary N) is 1. The summed E-state index contributed by atoms with van der Waals surface area (Å²) >= 11 is 1.45. The summed E-state index contributed by atoms with van der Waals surface area (Å²) in [5.41, 5.74) is 0. The lowest BCUT2D eigenvalue weighted by atomic mass is 10.2. The molecule has 0 radical (unpaired) electrons. The Morgan fingerprint density at radius 3 is 2.58 bits per heavy atom. The van der Waals surface area contributed by atoms with Crippen molar-refractivity contribution in [2.45, 2.75) is 20.8 Å². The molecule has 6 nitrogen and oxygen atoms in total. The largest absolute Gasteiger partial charge is 0.344 e. The van der Waals surface area contributed by atoms with Gasteiger partial charge in [-0.05, 0) is 6.54 Å². The lowest BCUT2D eigenvalue weighted by Crippen LogP contribution is -2.46. The van der Waals surface area contributed by atoms with Gasteiger partial charge in [-0.3, -0.25) is 4.79 Å². The molecule has 0 aliphatic carbocycles. The zero-order valence-corrected chi connectivity index (χ0v) is 12.5. The molecule has 1 aromatic rings. The van der Waals surface area contributed by atoms with Crippen LogP contribution >= 0.6 is 11.3 Å². The molecular formula is C12H21N5OS. The van der Waals surface area contributed by atoms with E-state index in [9.17, 15) is 4.79 Å². The summed E-state index contributed by atoms with van der Waals surface area (Å²) in [5.74, 6) is -0.0565. The number of anilines is 2. The van der Waals surface area contributed by atoms with Crippen LogP contribution < -0.4 is 10.2 Å². The van der Waals surface area contributed by atoms with Crippen molar-refractivity contribution in [3.05, 3.63) is 0 Å². The van der Waals surface area contributed by atoms with Crippen molar-refractivity contribution in [3.8, 4) is 0 Å². The minimum atomic E-state index is -0.0413. The highest BCUT2D eigenvalue weighted by atomic mass is 32.1. The van der Waals surface area contributed by atoms with Gasteiger partial charge in [0.1, 0.15) is 0 Å². The summed E-state index contributed by atoms with van der Waals surface area (Å²) in [7, 11) is 0. The fourth-order valence-corrected chi connectivity index (χ4v) is 2.70. The van der Waals surface area contributed by atoms with Crippen LogP contribution in [0.15, 0.2) is 0 Å². The first-order chi connectivity index (χ1) is 9.10. The predicted molar refractivity (Wildman–Crippen MR) is 77.7 cm³/mol. The summed E-state index contributed by atoms with van der Waals surface area (Å²) < 4.78 is 0. The zero-order valence-electron chi connectivity index (χ0n) is 11.7. The van der Waals surface area contributed by atoms with E-state index in [1.807, 2.05) is 13.8 Å². The third-order valence-electron chi connectivity index (χ3n) is 3.26. The standard InChI is InChI=1S/C12H21N5OS/c1-4-16-5-7-17(8-6-16)12-15-14-11(19-12)13-10(18)9(2)3/h9H,4-8H2,1-3H3,(H,13,14,18). The molecule has 0 aromatic carbocycles. The van der Waals surface area contributed by atoms with Crippen LogP contribution in [0.1, 0.15) is 20.8 Å². The van der Waals surface area contributed by atoms with Gasteiger partial charge in [-0.2, -0.15) is 0 Å². The van der Waals surface area contributed by atoms with E-state index in [1.165, 1.54) is 11.3 Å². The molecule has 1 aliphatic rings. The summed E-state index contributed by atoms with van der Waals surface area (Å²) in [6.45, 7) is 11.1. The minimum absolute atomic E-state index is 0.0153. The summed E-state index contributed by atoms with van der Waals surface area (Å²) in [5, 5.41) is 12.5. The first-order valence-corrected chi connectivity index (χ1v) is 7.53. The van der Waals surface area contributed by atoms with Crippen molar-refractivity contribution < 1.29 is 4.79 Å². The number of nitrogens with zero attached hydrogens (tertiary/aromatic N) is 4. The van der Waals surface area contributed by atoms with E-state index in [-0.39, 0.29) is 11.8 Å². The van der Waals surface area contributed by atoms with E-state index in [1.54, 1.807) is 0 Å². The molecule has 1 saturated heterocycles. The molecule has 2 rings (SSSR count). The molecule has 0 unspecified atom stereocenters. The van der Waals surface area contributed by atoms with Gasteiger partial charge >= 0.3 is 0 Å². The highest BCUT2D eigenvalue weighted by Gasteiger charge is 2.19. The Kier molecular flexibility index (Phi) is 4.71. The summed E-state index contributed by atoms with van der Waals surface area (Å²) in [4.78, 5) is 16.2. The average Bonchev–Trinajstić information content (AvgIpc) is 2.87. The number of likely N-dealkylation sites (N-methyl/N-ethyl adjacent to an activating group) is 1. The number of hydrogen-bond acceptors (Lipinski definition) is 6. The number of piperazine rings is 1. The molecule has 1 aromatic heterocycles. The lowest BCUT2D eigenvalue weighted by molar-refractivity contribution is -0.118. The first-order valence-electron chi connectivity index (χ1n) is 6.71. The van der Waals surface area contributed by atoms with Gasteiger partial charge in [0, 0.05) is 32.1 Å². The molecule has 19 heavy (non-hydrogen) atoms. The van der Waals surface area contributed by atoms with E-state index >= 15 is 0 Å². The second-order valence-corrected chi connectivity index (χ2v) is 5.91. The number of hydrogen-bond donors (Lipinski definition) is 1. The van der Waals surface area contributed by atoms with Gasteiger partial charge in [-0.15, -0.1) is 10.2 Å². The van der Waals surface area contributed by atoms with E-state index in [0.717, 1.165) is 37.9 Å². The van der Waals surface area contributed by atoms with Crippen molar-refractivity contribution in [2.24, 2.45) is 5.92 Å². The van der Waals surface area contributed by atoms with Crippen molar-refractivity contribution in [1.82, 2.24) is 15.1 Å². The number of carbonyl (C=O) groups excluding carboxylic acids is 1. The van der Waals surface area contributed by atoms with Crippen LogP contribution in [0.5, 0.6) is 0 Å². The Bertz CT molecular complexity index is 426. The average molecular weight is 283 g/mol. The number of carbonyl (C=O) groups is 1. The third-order valence-corrected chi connectivity index (χ3v) is 4.16. The second kappa shape index (κ2) is 6.29. The molecule has 1 aliphatic heterocycles. The molecule has 106 valence electrons. The Balaban J connectivity index is 1.92. The highest BCUT2D eigenvalue weighted by Crippen LogP contribution is 2.25. The molecule has 0 spiro atoms. The molecule has 1 fully saturated rings. The Hall–Kier alpha value is -1.21. The van der Waals surface area contributed by atoms with E-state index in [0.29, 0.717) is 5.13 Å². The maximum absolute atomic E-state index is 11.6. The van der Waals surface area contributed by atoms with Crippen LogP contribution in [0.3, 0.4) is 0 Å². The normalized spacial score (nSPS) is 16.9. The van der Waals surface area contributed by atoms with Gasteiger partial charge in [0.05, 0.1) is 0 Å². The zero-order chi connectivity index (χ0) is 13.8. The molecule has 7 heteroatoms. The maximum Gasteiger partial charge on any atom is 0.228 e. The molecule has 2 heterocycles. The van der Waals surface area contributed by atoms with Crippen molar-refractivity contribution >= 4 is 27.5 Å². The number of amides is 1. The Morgan fingerprint density at radius 1 is 1.32 bits per heavy atom. The van der Waals surface area contributed by atoms with Gasteiger partial charge in [0.15, 0.2) is 0 Å². The predicted octanol–water partition coefficient (Wildman–Crippen LogP) is 1.27. The van der Waals surface area contributed by atoms with Crippen molar-refractivity contribution in [3.63, 3.8) is 0 Å². The molecule has 1 N–H and O–H groups in total. The van der Waals surface area contributed by atoms with Crippen molar-refractivity contribution in [1.29, 1.82) is 0 Å². The van der Waals surface area contributed by atoms with Crippen LogP contribution in [0, 0.1) is 5.92 Å². The van der Waals surface area contributed by atoms with Crippen LogP contribution in [-0.2, 0) is 4.79 Å². The van der Waals surface area contributed by atoms with E-state index < -0.39 is 0 Å². The quantitative estimate of drug-likeness (QED) is 0.902. The SMILES string of the molecule is CCN1CCN(c2nnc(NC(=O)C(C)C)s2)CC1. The maximum atomic E-state index is 11.6. The number of rotatable bonds is 4. The van der Waals surface area contributed by atoms with E-state index in [4.69, 9.17) is 0 Å². The molecule has 0 saturated carbocycles. The van der Waals surface area contributed by atoms with Crippen LogP contribution in [0.25, 0.3) is 0 Å². The van der Waals surface area contributed by atoms with Crippen LogP contribution in [-0.4, -0.2) is 53.7 Å². The van der Waals surface area contributed by atoms with Crippen molar-refractivity contribution in [2.75, 3.05) is 42.9 Å². The molecular weight excluding hydrogens is 262 g/mol. The van der Waals surface area contributed by atoms with Gasteiger partial charge in [-0.1, -0.05) is 32.1 Å².